The number of benzene rings is 2. The summed E-state index contributed by atoms with van der Waals surface area (Å²) in [4.78, 5) is 11.6. The molecular formula is C17H16FNO3. The average molecular weight is 301 g/mol. The summed E-state index contributed by atoms with van der Waals surface area (Å²) < 4.78 is 13.2. The van der Waals surface area contributed by atoms with Gasteiger partial charge in [0.2, 0.25) is 5.91 Å². The first kappa shape index (κ1) is 15.6. The van der Waals surface area contributed by atoms with Crippen LogP contribution in [0.4, 0.5) is 4.39 Å². The molecule has 22 heavy (non-hydrogen) atoms. The number of phenols is 2. The van der Waals surface area contributed by atoms with Gasteiger partial charge in [-0.3, -0.25) is 4.79 Å². The molecule has 2 rings (SSSR count). The van der Waals surface area contributed by atoms with Gasteiger partial charge in [-0.2, -0.15) is 0 Å². The van der Waals surface area contributed by atoms with E-state index in [1.165, 1.54) is 18.2 Å². The Bertz CT molecular complexity index is 661. The molecule has 0 spiro atoms. The number of carbonyl (C=O) groups is 1. The van der Waals surface area contributed by atoms with Crippen LogP contribution < -0.4 is 5.32 Å². The first-order valence-electron chi connectivity index (χ1n) is 6.77. The number of nitrogens with one attached hydrogen (secondary N) is 1. The molecule has 0 unspecified atom stereocenters. The smallest absolute Gasteiger partial charge is 0.244 e. The Morgan fingerprint density at radius 2 is 1.91 bits per heavy atom. The summed E-state index contributed by atoms with van der Waals surface area (Å²) in [7, 11) is 0. The minimum atomic E-state index is -0.941. The first-order valence-corrected chi connectivity index (χ1v) is 6.77. The van der Waals surface area contributed by atoms with Crippen LogP contribution in [0.5, 0.6) is 11.5 Å². The number of carbonyl (C=O) groups excluding carboxylic acids is 1. The Kier molecular flexibility index (Phi) is 5.14. The van der Waals surface area contributed by atoms with E-state index in [1.807, 2.05) is 30.3 Å². The number of halogens is 1. The second-order valence-electron chi connectivity index (χ2n) is 4.73. The van der Waals surface area contributed by atoms with Crippen LogP contribution in [0.15, 0.2) is 48.5 Å². The van der Waals surface area contributed by atoms with Crippen LogP contribution in [0.2, 0.25) is 0 Å². The van der Waals surface area contributed by atoms with Crippen molar-refractivity contribution in [2.45, 2.75) is 6.42 Å². The summed E-state index contributed by atoms with van der Waals surface area (Å²) in [5.74, 6) is -2.62. The van der Waals surface area contributed by atoms with Crippen LogP contribution in [0.25, 0.3) is 6.08 Å². The molecule has 0 fully saturated rings. The highest BCUT2D eigenvalue weighted by molar-refractivity contribution is 5.91. The van der Waals surface area contributed by atoms with E-state index >= 15 is 0 Å². The van der Waals surface area contributed by atoms with Crippen LogP contribution in [0.3, 0.4) is 0 Å². The second kappa shape index (κ2) is 7.26. The van der Waals surface area contributed by atoms with Gasteiger partial charge in [-0.25, -0.2) is 4.39 Å². The zero-order valence-electron chi connectivity index (χ0n) is 11.8. The van der Waals surface area contributed by atoms with Crippen molar-refractivity contribution in [1.29, 1.82) is 0 Å². The van der Waals surface area contributed by atoms with Gasteiger partial charge in [-0.1, -0.05) is 30.3 Å². The van der Waals surface area contributed by atoms with Crippen LogP contribution in [0.1, 0.15) is 11.1 Å². The predicted molar refractivity (Wildman–Crippen MR) is 81.9 cm³/mol. The lowest BCUT2D eigenvalue weighted by Crippen LogP contribution is -2.23. The molecule has 0 aliphatic heterocycles. The van der Waals surface area contributed by atoms with Crippen LogP contribution in [0, 0.1) is 5.82 Å². The molecule has 0 heterocycles. The monoisotopic (exact) mass is 301 g/mol. The summed E-state index contributed by atoms with van der Waals surface area (Å²) in [5, 5.41) is 21.1. The summed E-state index contributed by atoms with van der Waals surface area (Å²) in [6.45, 7) is 0.488. The quantitative estimate of drug-likeness (QED) is 0.587. The fourth-order valence-electron chi connectivity index (χ4n) is 1.91. The molecule has 4 nitrogen and oxygen atoms in total. The van der Waals surface area contributed by atoms with E-state index in [0.717, 1.165) is 18.1 Å². The van der Waals surface area contributed by atoms with Gasteiger partial charge in [0.25, 0.3) is 0 Å². The maximum atomic E-state index is 13.2. The summed E-state index contributed by atoms with van der Waals surface area (Å²) in [6, 6.07) is 12.0. The van der Waals surface area contributed by atoms with Crippen LogP contribution in [-0.4, -0.2) is 22.7 Å². The van der Waals surface area contributed by atoms with E-state index in [0.29, 0.717) is 6.54 Å². The van der Waals surface area contributed by atoms with Crippen molar-refractivity contribution < 1.29 is 19.4 Å². The van der Waals surface area contributed by atoms with E-state index in [-0.39, 0.29) is 11.5 Å². The second-order valence-corrected chi connectivity index (χ2v) is 4.73. The van der Waals surface area contributed by atoms with Gasteiger partial charge in [0.05, 0.1) is 0 Å². The minimum Gasteiger partial charge on any atom is -0.504 e. The summed E-state index contributed by atoms with van der Waals surface area (Å²) in [5.41, 5.74) is 1.41. The minimum absolute atomic E-state index is 0.283. The molecule has 2 aromatic rings. The van der Waals surface area contributed by atoms with E-state index in [2.05, 4.69) is 5.32 Å². The number of hydrogen-bond donors (Lipinski definition) is 3. The molecule has 0 bridgehead atoms. The van der Waals surface area contributed by atoms with Crippen molar-refractivity contribution in [2.75, 3.05) is 6.54 Å². The van der Waals surface area contributed by atoms with E-state index in [4.69, 9.17) is 5.11 Å². The van der Waals surface area contributed by atoms with Crippen molar-refractivity contribution in [3.8, 4) is 11.5 Å². The van der Waals surface area contributed by atoms with Crippen molar-refractivity contribution in [1.82, 2.24) is 5.32 Å². The normalized spacial score (nSPS) is 10.8. The average Bonchev–Trinajstić information content (AvgIpc) is 2.51. The lowest BCUT2D eigenvalue weighted by atomic mass is 10.1. The van der Waals surface area contributed by atoms with Gasteiger partial charge in [0.1, 0.15) is 0 Å². The van der Waals surface area contributed by atoms with E-state index < -0.39 is 17.3 Å². The molecule has 0 aliphatic rings. The highest BCUT2D eigenvalue weighted by Crippen LogP contribution is 2.29. The third-order valence-electron chi connectivity index (χ3n) is 3.05. The molecule has 0 saturated carbocycles. The molecule has 0 saturated heterocycles. The molecule has 0 atom stereocenters. The fraction of sp³-hybridized carbons (Fsp3) is 0.118. The SMILES string of the molecule is O=C(/C=C/c1cc(O)c(O)c(F)c1)NCCc1ccccc1. The summed E-state index contributed by atoms with van der Waals surface area (Å²) in [6.07, 6.45) is 3.32. The molecule has 0 radical (unpaired) electrons. The highest BCUT2D eigenvalue weighted by atomic mass is 19.1. The van der Waals surface area contributed by atoms with Gasteiger partial charge in [-0.05, 0) is 35.8 Å². The lowest BCUT2D eigenvalue weighted by molar-refractivity contribution is -0.116. The largest absolute Gasteiger partial charge is 0.504 e. The standard InChI is InChI=1S/C17H16FNO3/c18-14-10-13(11-15(20)17(14)22)6-7-16(21)19-9-8-12-4-2-1-3-5-12/h1-7,10-11,20,22H,8-9H2,(H,19,21)/b7-6+. The van der Waals surface area contributed by atoms with Gasteiger partial charge < -0.3 is 15.5 Å². The van der Waals surface area contributed by atoms with E-state index in [9.17, 15) is 14.3 Å². The maximum Gasteiger partial charge on any atom is 0.244 e. The molecule has 2 aromatic carbocycles. The number of phenolic OH excluding ortho intramolecular Hbond substituents is 2. The zero-order valence-corrected chi connectivity index (χ0v) is 11.8. The van der Waals surface area contributed by atoms with Gasteiger partial charge in [0.15, 0.2) is 17.3 Å². The molecule has 5 heteroatoms. The molecule has 3 N–H and O–H groups in total. The van der Waals surface area contributed by atoms with E-state index in [1.54, 1.807) is 0 Å². The van der Waals surface area contributed by atoms with Gasteiger partial charge in [-0.15, -0.1) is 0 Å². The van der Waals surface area contributed by atoms with Gasteiger partial charge in [0, 0.05) is 12.6 Å². The Balaban J connectivity index is 1.86. The Labute approximate surface area is 127 Å². The number of hydrogen-bond acceptors (Lipinski definition) is 3. The Morgan fingerprint density at radius 3 is 2.59 bits per heavy atom. The van der Waals surface area contributed by atoms with Crippen molar-refractivity contribution >= 4 is 12.0 Å². The molecule has 114 valence electrons. The highest BCUT2D eigenvalue weighted by Gasteiger charge is 2.07. The predicted octanol–water partition coefficient (Wildman–Crippen LogP) is 2.61. The zero-order chi connectivity index (χ0) is 15.9. The third-order valence-corrected chi connectivity index (χ3v) is 3.05. The number of amides is 1. The maximum absolute atomic E-state index is 13.2. The molecule has 0 aromatic heterocycles. The number of aromatic hydroxyl groups is 2. The van der Waals surface area contributed by atoms with Crippen molar-refractivity contribution in [3.05, 3.63) is 65.5 Å². The topological polar surface area (TPSA) is 69.6 Å². The van der Waals surface area contributed by atoms with Crippen molar-refractivity contribution in [2.24, 2.45) is 0 Å². The van der Waals surface area contributed by atoms with Crippen LogP contribution >= 0.6 is 0 Å². The Hall–Kier alpha value is -2.82. The molecular weight excluding hydrogens is 285 g/mol. The lowest BCUT2D eigenvalue weighted by Gasteiger charge is -2.03. The van der Waals surface area contributed by atoms with Crippen LogP contribution in [-0.2, 0) is 11.2 Å². The third kappa shape index (κ3) is 4.34. The molecule has 0 aliphatic carbocycles. The van der Waals surface area contributed by atoms with Crippen molar-refractivity contribution in [3.63, 3.8) is 0 Å². The summed E-state index contributed by atoms with van der Waals surface area (Å²) >= 11 is 0. The Morgan fingerprint density at radius 1 is 1.18 bits per heavy atom. The number of rotatable bonds is 5. The van der Waals surface area contributed by atoms with Gasteiger partial charge >= 0.3 is 0 Å². The molecule has 1 amide bonds. The fourth-order valence-corrected chi connectivity index (χ4v) is 1.91. The first-order chi connectivity index (χ1) is 10.6.